The molecule has 0 fully saturated rings. The Morgan fingerprint density at radius 2 is 2.00 bits per heavy atom. The summed E-state index contributed by atoms with van der Waals surface area (Å²) < 4.78 is 39.7. The standard InChI is InChI=1S/C15H13F3N4/c1-10-5-13(22-14(6-10)20-9-21-22)19-8-11-3-2-4-12(7-11)15(16,17)18/h2-7,9,19H,8H2,1H3. The first-order valence-electron chi connectivity index (χ1n) is 6.64. The number of benzene rings is 1. The second kappa shape index (κ2) is 5.32. The van der Waals surface area contributed by atoms with Crippen LogP contribution in [0.25, 0.3) is 5.65 Å². The van der Waals surface area contributed by atoms with Gasteiger partial charge in [-0.15, -0.1) is 0 Å². The Morgan fingerprint density at radius 3 is 2.77 bits per heavy atom. The molecule has 0 saturated carbocycles. The van der Waals surface area contributed by atoms with Crippen LogP contribution in [0, 0.1) is 6.92 Å². The van der Waals surface area contributed by atoms with Gasteiger partial charge in [0.2, 0.25) is 0 Å². The summed E-state index contributed by atoms with van der Waals surface area (Å²) in [6.45, 7) is 2.19. The molecule has 0 atom stereocenters. The molecule has 0 unspecified atom stereocenters. The third-order valence-corrected chi connectivity index (χ3v) is 3.25. The maximum Gasteiger partial charge on any atom is 0.416 e. The van der Waals surface area contributed by atoms with Gasteiger partial charge in [-0.25, -0.2) is 4.98 Å². The second-order valence-corrected chi connectivity index (χ2v) is 5.00. The number of nitrogens with one attached hydrogen (secondary N) is 1. The minimum absolute atomic E-state index is 0.266. The molecular formula is C15H13F3N4. The van der Waals surface area contributed by atoms with Crippen molar-refractivity contribution in [3.05, 3.63) is 59.4 Å². The lowest BCUT2D eigenvalue weighted by atomic mass is 10.1. The van der Waals surface area contributed by atoms with E-state index < -0.39 is 11.7 Å². The molecule has 2 heterocycles. The van der Waals surface area contributed by atoms with E-state index in [1.165, 1.54) is 12.4 Å². The third-order valence-electron chi connectivity index (χ3n) is 3.25. The van der Waals surface area contributed by atoms with E-state index >= 15 is 0 Å². The average Bonchev–Trinajstić information content (AvgIpc) is 2.92. The van der Waals surface area contributed by atoms with Crippen LogP contribution in [0.2, 0.25) is 0 Å². The van der Waals surface area contributed by atoms with Gasteiger partial charge in [-0.1, -0.05) is 12.1 Å². The molecule has 114 valence electrons. The van der Waals surface area contributed by atoms with E-state index in [-0.39, 0.29) is 6.54 Å². The minimum Gasteiger partial charge on any atom is -0.366 e. The molecule has 0 saturated heterocycles. The number of rotatable bonds is 3. The summed E-state index contributed by atoms with van der Waals surface area (Å²) in [5, 5.41) is 7.19. The molecular weight excluding hydrogens is 293 g/mol. The molecule has 0 amide bonds. The van der Waals surface area contributed by atoms with Gasteiger partial charge < -0.3 is 5.32 Å². The first-order valence-corrected chi connectivity index (χ1v) is 6.64. The van der Waals surface area contributed by atoms with Crippen LogP contribution in [0.4, 0.5) is 19.0 Å². The first kappa shape index (κ1) is 14.4. The fourth-order valence-corrected chi connectivity index (χ4v) is 2.23. The lowest BCUT2D eigenvalue weighted by Gasteiger charge is -2.11. The summed E-state index contributed by atoms with van der Waals surface area (Å²) in [6.07, 6.45) is -2.90. The highest BCUT2D eigenvalue weighted by atomic mass is 19.4. The van der Waals surface area contributed by atoms with Crippen molar-refractivity contribution in [3.8, 4) is 0 Å². The van der Waals surface area contributed by atoms with E-state index in [1.807, 2.05) is 19.1 Å². The number of fused-ring (bicyclic) bond motifs is 1. The number of alkyl halides is 3. The molecule has 1 aromatic carbocycles. The van der Waals surface area contributed by atoms with Gasteiger partial charge in [0.15, 0.2) is 5.65 Å². The Bertz CT molecular complexity index is 808. The van der Waals surface area contributed by atoms with Crippen LogP contribution in [0.1, 0.15) is 16.7 Å². The largest absolute Gasteiger partial charge is 0.416 e. The summed E-state index contributed by atoms with van der Waals surface area (Å²) in [6, 6.07) is 9.00. The lowest BCUT2D eigenvalue weighted by Crippen LogP contribution is -2.08. The van der Waals surface area contributed by atoms with Crippen molar-refractivity contribution >= 4 is 11.5 Å². The fraction of sp³-hybridized carbons (Fsp3) is 0.200. The van der Waals surface area contributed by atoms with Gasteiger partial charge >= 0.3 is 6.18 Å². The molecule has 0 aliphatic heterocycles. The number of nitrogens with zero attached hydrogens (tertiary/aromatic N) is 3. The summed E-state index contributed by atoms with van der Waals surface area (Å²) >= 11 is 0. The molecule has 22 heavy (non-hydrogen) atoms. The molecule has 0 aliphatic rings. The third kappa shape index (κ3) is 2.88. The van der Waals surface area contributed by atoms with Gasteiger partial charge in [0.05, 0.1) is 5.56 Å². The van der Waals surface area contributed by atoms with Crippen LogP contribution in [0.15, 0.2) is 42.7 Å². The normalized spacial score (nSPS) is 11.8. The van der Waals surface area contributed by atoms with Gasteiger partial charge in [0, 0.05) is 6.54 Å². The van der Waals surface area contributed by atoms with Crippen LogP contribution >= 0.6 is 0 Å². The highest BCUT2D eigenvalue weighted by molar-refractivity contribution is 5.51. The summed E-state index contributed by atoms with van der Waals surface area (Å²) in [5.74, 6) is 0.685. The second-order valence-electron chi connectivity index (χ2n) is 5.00. The maximum atomic E-state index is 12.7. The predicted molar refractivity (Wildman–Crippen MR) is 76.5 cm³/mol. The number of aromatic nitrogens is 3. The monoisotopic (exact) mass is 306 g/mol. The van der Waals surface area contributed by atoms with Gasteiger partial charge in [-0.2, -0.15) is 22.8 Å². The Balaban J connectivity index is 1.84. The van der Waals surface area contributed by atoms with Crippen molar-refractivity contribution < 1.29 is 13.2 Å². The van der Waals surface area contributed by atoms with Crippen molar-refractivity contribution in [2.75, 3.05) is 5.32 Å². The predicted octanol–water partition coefficient (Wildman–Crippen LogP) is 3.67. The van der Waals surface area contributed by atoms with Crippen LogP contribution in [0.3, 0.4) is 0 Å². The number of halogens is 3. The molecule has 2 aromatic heterocycles. The minimum atomic E-state index is -4.33. The number of anilines is 1. The number of hydrogen-bond donors (Lipinski definition) is 1. The van der Waals surface area contributed by atoms with E-state index in [0.717, 1.165) is 17.7 Å². The molecule has 0 bridgehead atoms. The molecule has 0 radical (unpaired) electrons. The summed E-state index contributed by atoms with van der Waals surface area (Å²) in [7, 11) is 0. The van der Waals surface area contributed by atoms with Crippen molar-refractivity contribution in [1.82, 2.24) is 14.6 Å². The zero-order chi connectivity index (χ0) is 15.7. The Labute approximate surface area is 124 Å². The van der Waals surface area contributed by atoms with E-state index in [1.54, 1.807) is 10.6 Å². The van der Waals surface area contributed by atoms with Gasteiger partial charge in [-0.05, 0) is 42.3 Å². The summed E-state index contributed by atoms with van der Waals surface area (Å²) in [4.78, 5) is 4.10. The van der Waals surface area contributed by atoms with Gasteiger partial charge in [0.25, 0.3) is 0 Å². The fourth-order valence-electron chi connectivity index (χ4n) is 2.23. The van der Waals surface area contributed by atoms with Gasteiger partial charge in [0.1, 0.15) is 12.1 Å². The SMILES string of the molecule is Cc1cc(NCc2cccc(C(F)(F)F)c2)n2ncnc2c1. The quantitative estimate of drug-likeness (QED) is 0.803. The van der Waals surface area contributed by atoms with Gasteiger partial charge in [-0.3, -0.25) is 0 Å². The van der Waals surface area contributed by atoms with Crippen LogP contribution < -0.4 is 5.32 Å². The first-order chi connectivity index (χ1) is 10.4. The van der Waals surface area contributed by atoms with E-state index in [9.17, 15) is 13.2 Å². The smallest absolute Gasteiger partial charge is 0.366 e. The van der Waals surface area contributed by atoms with E-state index in [0.29, 0.717) is 17.0 Å². The van der Waals surface area contributed by atoms with Crippen molar-refractivity contribution in [2.24, 2.45) is 0 Å². The highest BCUT2D eigenvalue weighted by Crippen LogP contribution is 2.29. The molecule has 3 rings (SSSR count). The number of hydrogen-bond acceptors (Lipinski definition) is 3. The van der Waals surface area contributed by atoms with Crippen molar-refractivity contribution in [3.63, 3.8) is 0 Å². The van der Waals surface area contributed by atoms with Crippen molar-refractivity contribution in [1.29, 1.82) is 0 Å². The Morgan fingerprint density at radius 1 is 1.18 bits per heavy atom. The van der Waals surface area contributed by atoms with Crippen LogP contribution in [-0.2, 0) is 12.7 Å². The van der Waals surface area contributed by atoms with Crippen LogP contribution in [0.5, 0.6) is 0 Å². The van der Waals surface area contributed by atoms with E-state index in [4.69, 9.17) is 0 Å². The number of aryl methyl sites for hydroxylation is 1. The molecule has 1 N–H and O–H groups in total. The lowest BCUT2D eigenvalue weighted by molar-refractivity contribution is -0.137. The Hall–Kier alpha value is -2.57. The van der Waals surface area contributed by atoms with Crippen LogP contribution in [-0.4, -0.2) is 14.6 Å². The molecule has 3 aromatic rings. The molecule has 0 aliphatic carbocycles. The average molecular weight is 306 g/mol. The zero-order valence-corrected chi connectivity index (χ0v) is 11.7. The van der Waals surface area contributed by atoms with E-state index in [2.05, 4.69) is 15.4 Å². The molecule has 7 heteroatoms. The number of pyridine rings is 1. The van der Waals surface area contributed by atoms with Crippen molar-refractivity contribution in [2.45, 2.75) is 19.6 Å². The topological polar surface area (TPSA) is 42.2 Å². The molecule has 0 spiro atoms. The zero-order valence-electron chi connectivity index (χ0n) is 11.7. The molecule has 4 nitrogen and oxygen atoms in total. The maximum absolute atomic E-state index is 12.7. The Kier molecular flexibility index (Phi) is 3.48. The highest BCUT2D eigenvalue weighted by Gasteiger charge is 2.30. The summed E-state index contributed by atoms with van der Waals surface area (Å²) in [5.41, 5.74) is 1.57.